The van der Waals surface area contributed by atoms with Crippen LogP contribution in [0.1, 0.15) is 19.4 Å². The topological polar surface area (TPSA) is 93.8 Å². The molecule has 1 aromatic carbocycles. The van der Waals surface area contributed by atoms with Gasteiger partial charge in [0.2, 0.25) is 0 Å². The van der Waals surface area contributed by atoms with Gasteiger partial charge >= 0.3 is 6.09 Å². The van der Waals surface area contributed by atoms with Gasteiger partial charge in [0.05, 0.1) is 22.3 Å². The van der Waals surface area contributed by atoms with Gasteiger partial charge in [-0.2, -0.15) is 5.10 Å². The molecule has 0 aliphatic heterocycles. The summed E-state index contributed by atoms with van der Waals surface area (Å²) in [6, 6.07) is 3.98. The highest BCUT2D eigenvalue weighted by atomic mass is 35.5. The summed E-state index contributed by atoms with van der Waals surface area (Å²) in [4.78, 5) is 21.2. The van der Waals surface area contributed by atoms with Gasteiger partial charge in [-0.1, -0.05) is 11.6 Å². The first kappa shape index (κ1) is 14.9. The van der Waals surface area contributed by atoms with Crippen LogP contribution in [0.15, 0.2) is 23.3 Å². The van der Waals surface area contributed by atoms with Crippen molar-refractivity contribution in [2.24, 2.45) is 5.10 Å². The van der Waals surface area contributed by atoms with Crippen LogP contribution < -0.4 is 5.43 Å². The largest absolute Gasteiger partial charge is 0.449 e. The van der Waals surface area contributed by atoms with Crippen LogP contribution in [-0.4, -0.2) is 23.3 Å². The van der Waals surface area contributed by atoms with E-state index in [1.807, 2.05) is 0 Å². The number of nitro benzene ring substituents is 1. The molecule has 1 rings (SSSR count). The summed E-state index contributed by atoms with van der Waals surface area (Å²) < 4.78 is 4.62. The molecule has 8 heteroatoms. The molecule has 0 fully saturated rings. The molecule has 0 aliphatic rings. The van der Waals surface area contributed by atoms with Crippen molar-refractivity contribution in [2.75, 3.05) is 6.61 Å². The highest BCUT2D eigenvalue weighted by molar-refractivity contribution is 6.34. The lowest BCUT2D eigenvalue weighted by molar-refractivity contribution is -0.384. The Labute approximate surface area is 114 Å². The first-order valence-electron chi connectivity index (χ1n) is 5.37. The van der Waals surface area contributed by atoms with Crippen molar-refractivity contribution >= 4 is 29.1 Å². The molecule has 0 atom stereocenters. The normalized spacial score (nSPS) is 11.0. The van der Waals surface area contributed by atoms with Gasteiger partial charge in [0, 0.05) is 17.7 Å². The first-order chi connectivity index (χ1) is 8.95. The summed E-state index contributed by atoms with van der Waals surface area (Å²) >= 11 is 5.92. The molecule has 1 N–H and O–H groups in total. The number of non-ortho nitro benzene ring substituents is 1. The molecule has 19 heavy (non-hydrogen) atoms. The molecule has 1 amide bonds. The Hall–Kier alpha value is -2.15. The number of carbonyl (C=O) groups excluding carboxylic acids is 1. The lowest BCUT2D eigenvalue weighted by atomic mass is 10.1. The minimum Gasteiger partial charge on any atom is -0.449 e. The van der Waals surface area contributed by atoms with Crippen LogP contribution in [0.25, 0.3) is 0 Å². The number of nitrogens with zero attached hydrogens (tertiary/aromatic N) is 2. The number of nitrogens with one attached hydrogen (secondary N) is 1. The third kappa shape index (κ3) is 4.22. The van der Waals surface area contributed by atoms with Crippen molar-refractivity contribution in [3.63, 3.8) is 0 Å². The van der Waals surface area contributed by atoms with Gasteiger partial charge in [-0.05, 0) is 19.9 Å². The molecule has 0 aromatic heterocycles. The van der Waals surface area contributed by atoms with Gasteiger partial charge in [0.1, 0.15) is 0 Å². The van der Waals surface area contributed by atoms with E-state index >= 15 is 0 Å². The number of benzene rings is 1. The first-order valence-corrected chi connectivity index (χ1v) is 5.74. The van der Waals surface area contributed by atoms with Gasteiger partial charge in [-0.25, -0.2) is 10.2 Å². The second-order valence-corrected chi connectivity index (χ2v) is 3.86. The maximum Gasteiger partial charge on any atom is 0.427 e. The number of halogens is 1. The summed E-state index contributed by atoms with van der Waals surface area (Å²) in [6.07, 6.45) is -0.705. The zero-order chi connectivity index (χ0) is 14.4. The molecule has 0 bridgehead atoms. The molecule has 0 saturated carbocycles. The third-order valence-electron chi connectivity index (χ3n) is 2.14. The van der Waals surface area contributed by atoms with Gasteiger partial charge < -0.3 is 4.74 Å². The fourth-order valence-corrected chi connectivity index (χ4v) is 1.51. The molecular formula is C11H12ClN3O4. The van der Waals surface area contributed by atoms with Crippen molar-refractivity contribution in [3.05, 3.63) is 38.9 Å². The quantitative estimate of drug-likeness (QED) is 0.523. The minimum atomic E-state index is -0.705. The van der Waals surface area contributed by atoms with Crippen LogP contribution in [0.5, 0.6) is 0 Å². The van der Waals surface area contributed by atoms with Crippen molar-refractivity contribution in [1.29, 1.82) is 0 Å². The van der Waals surface area contributed by atoms with E-state index in [-0.39, 0.29) is 12.3 Å². The molecule has 7 nitrogen and oxygen atoms in total. The van der Waals surface area contributed by atoms with E-state index in [2.05, 4.69) is 15.3 Å². The van der Waals surface area contributed by atoms with Crippen LogP contribution in [0.2, 0.25) is 5.02 Å². The average Bonchev–Trinajstić information content (AvgIpc) is 2.36. The third-order valence-corrected chi connectivity index (χ3v) is 2.47. The predicted octanol–water partition coefficient (Wildman–Crippen LogP) is 2.72. The molecule has 102 valence electrons. The predicted molar refractivity (Wildman–Crippen MR) is 70.5 cm³/mol. The van der Waals surface area contributed by atoms with Gasteiger partial charge in [-0.3, -0.25) is 10.1 Å². The average molecular weight is 286 g/mol. The summed E-state index contributed by atoms with van der Waals surface area (Å²) in [5.41, 5.74) is 2.75. The summed E-state index contributed by atoms with van der Waals surface area (Å²) in [7, 11) is 0. The summed E-state index contributed by atoms with van der Waals surface area (Å²) in [5.74, 6) is 0. The zero-order valence-corrected chi connectivity index (χ0v) is 11.1. The molecule has 0 unspecified atom stereocenters. The second kappa shape index (κ2) is 6.69. The zero-order valence-electron chi connectivity index (χ0n) is 10.3. The number of rotatable bonds is 4. The van der Waals surface area contributed by atoms with Crippen molar-refractivity contribution in [1.82, 2.24) is 5.43 Å². The number of hydrogen-bond donors (Lipinski definition) is 1. The summed E-state index contributed by atoms with van der Waals surface area (Å²) in [5, 5.41) is 14.7. The second-order valence-electron chi connectivity index (χ2n) is 3.45. The highest BCUT2D eigenvalue weighted by Crippen LogP contribution is 2.22. The summed E-state index contributed by atoms with van der Waals surface area (Å²) in [6.45, 7) is 3.45. The SMILES string of the molecule is CCOC(=O)N/N=C(\C)c1cc([N+](=O)[O-])ccc1Cl. The van der Waals surface area contributed by atoms with E-state index in [9.17, 15) is 14.9 Å². The molecule has 0 saturated heterocycles. The Morgan fingerprint density at radius 3 is 2.84 bits per heavy atom. The van der Waals surface area contributed by atoms with Gasteiger partial charge in [0.15, 0.2) is 0 Å². The van der Waals surface area contributed by atoms with Crippen LogP contribution in [-0.2, 0) is 4.74 Å². The van der Waals surface area contributed by atoms with Gasteiger partial charge in [-0.15, -0.1) is 0 Å². The van der Waals surface area contributed by atoms with Crippen LogP contribution >= 0.6 is 11.6 Å². The van der Waals surface area contributed by atoms with Crippen LogP contribution in [0.3, 0.4) is 0 Å². The Kier molecular flexibility index (Phi) is 5.25. The van der Waals surface area contributed by atoms with E-state index in [0.717, 1.165) is 0 Å². The number of amides is 1. The Bertz CT molecular complexity index is 531. The van der Waals surface area contributed by atoms with E-state index in [0.29, 0.717) is 16.3 Å². The van der Waals surface area contributed by atoms with Crippen molar-refractivity contribution in [2.45, 2.75) is 13.8 Å². The maximum absolute atomic E-state index is 11.1. The smallest absolute Gasteiger partial charge is 0.427 e. The molecular weight excluding hydrogens is 274 g/mol. The van der Waals surface area contributed by atoms with E-state index in [1.54, 1.807) is 13.8 Å². The number of hydrogen-bond acceptors (Lipinski definition) is 5. The molecule has 1 aromatic rings. The molecule has 0 heterocycles. The molecule has 0 aliphatic carbocycles. The monoisotopic (exact) mass is 285 g/mol. The fourth-order valence-electron chi connectivity index (χ4n) is 1.26. The number of carbonyl (C=O) groups is 1. The fraction of sp³-hybridized carbons (Fsp3) is 0.273. The Balaban J connectivity index is 2.95. The van der Waals surface area contributed by atoms with E-state index in [4.69, 9.17) is 11.6 Å². The number of ether oxygens (including phenoxy) is 1. The van der Waals surface area contributed by atoms with Crippen molar-refractivity contribution < 1.29 is 14.5 Å². The molecule has 0 spiro atoms. The van der Waals surface area contributed by atoms with E-state index in [1.165, 1.54) is 18.2 Å². The minimum absolute atomic E-state index is 0.106. The van der Waals surface area contributed by atoms with Gasteiger partial charge in [0.25, 0.3) is 5.69 Å². The number of hydrazone groups is 1. The Morgan fingerprint density at radius 1 is 1.58 bits per heavy atom. The van der Waals surface area contributed by atoms with Crippen LogP contribution in [0, 0.1) is 10.1 Å². The molecule has 0 radical (unpaired) electrons. The lowest BCUT2D eigenvalue weighted by Crippen LogP contribution is -2.20. The number of nitro groups is 1. The lowest BCUT2D eigenvalue weighted by Gasteiger charge is -2.05. The van der Waals surface area contributed by atoms with Crippen molar-refractivity contribution in [3.8, 4) is 0 Å². The van der Waals surface area contributed by atoms with E-state index < -0.39 is 11.0 Å². The Morgan fingerprint density at radius 2 is 2.26 bits per heavy atom. The maximum atomic E-state index is 11.1. The standard InChI is InChI=1S/C11H12ClN3O4/c1-3-19-11(16)14-13-7(2)9-6-8(15(17)18)4-5-10(9)12/h4-6H,3H2,1-2H3,(H,14,16)/b13-7+. The van der Waals surface area contributed by atoms with Crippen LogP contribution in [0.4, 0.5) is 10.5 Å². The highest BCUT2D eigenvalue weighted by Gasteiger charge is 2.12.